The number of hydrogen-bond acceptors (Lipinski definition) is 3. The van der Waals surface area contributed by atoms with Gasteiger partial charge in [0.15, 0.2) is 11.5 Å². The van der Waals surface area contributed by atoms with Gasteiger partial charge in [-0.15, -0.1) is 0 Å². The predicted octanol–water partition coefficient (Wildman–Crippen LogP) is 3.17. The van der Waals surface area contributed by atoms with E-state index in [0.29, 0.717) is 17.1 Å². The fourth-order valence-electron chi connectivity index (χ4n) is 3.09. The summed E-state index contributed by atoms with van der Waals surface area (Å²) < 4.78 is 12.6. The van der Waals surface area contributed by atoms with Crippen LogP contribution in [0.3, 0.4) is 0 Å². The molecule has 1 fully saturated rings. The first-order chi connectivity index (χ1) is 11.2. The van der Waals surface area contributed by atoms with E-state index in [4.69, 9.17) is 9.47 Å². The zero-order valence-electron chi connectivity index (χ0n) is 13.5. The lowest BCUT2D eigenvalue weighted by molar-refractivity contribution is 0.0937. The molecule has 0 radical (unpaired) electrons. The minimum Gasteiger partial charge on any atom is -0.493 e. The van der Waals surface area contributed by atoms with E-state index in [0.717, 1.165) is 18.5 Å². The average molecular weight is 314 g/mol. The van der Waals surface area contributed by atoms with Gasteiger partial charge in [-0.2, -0.15) is 0 Å². The highest BCUT2D eigenvalue weighted by Crippen LogP contribution is 2.33. The predicted molar refractivity (Wildman–Crippen MR) is 88.6 cm³/mol. The number of aromatic nitrogens is 1. The summed E-state index contributed by atoms with van der Waals surface area (Å²) in [6, 6.07) is 7.71. The molecule has 1 N–H and O–H groups in total. The molecule has 23 heavy (non-hydrogen) atoms. The first-order valence-electron chi connectivity index (χ1n) is 7.93. The van der Waals surface area contributed by atoms with Gasteiger partial charge in [0.25, 0.3) is 5.91 Å². The average Bonchev–Trinajstić information content (AvgIpc) is 3.27. The number of nitrogens with zero attached hydrogens (tertiary/aromatic N) is 1. The van der Waals surface area contributed by atoms with Crippen LogP contribution in [0.25, 0.3) is 5.69 Å². The number of hydrogen-bond donors (Lipinski definition) is 1. The standard InChI is InChI=1S/C18H22N2O3/c1-22-16-11-14(18(21)19-13-7-3-4-8-13)15(12-17(16)23-2)20-9-5-6-10-20/h5-6,9-13H,3-4,7-8H2,1-2H3,(H,19,21). The second-order valence-electron chi connectivity index (χ2n) is 5.77. The molecule has 5 nitrogen and oxygen atoms in total. The summed E-state index contributed by atoms with van der Waals surface area (Å²) >= 11 is 0. The Morgan fingerprint density at radius 1 is 1.09 bits per heavy atom. The minimum absolute atomic E-state index is 0.0680. The van der Waals surface area contributed by atoms with Gasteiger partial charge in [0.1, 0.15) is 0 Å². The molecule has 1 aliphatic carbocycles. The van der Waals surface area contributed by atoms with E-state index < -0.39 is 0 Å². The summed E-state index contributed by atoms with van der Waals surface area (Å²) in [5, 5.41) is 3.14. The van der Waals surface area contributed by atoms with Crippen LogP contribution >= 0.6 is 0 Å². The smallest absolute Gasteiger partial charge is 0.253 e. The van der Waals surface area contributed by atoms with Gasteiger partial charge in [-0.05, 0) is 31.0 Å². The monoisotopic (exact) mass is 314 g/mol. The number of rotatable bonds is 5. The van der Waals surface area contributed by atoms with Gasteiger partial charge in [0.05, 0.1) is 25.5 Å². The molecule has 0 aliphatic heterocycles. The molecular formula is C18H22N2O3. The van der Waals surface area contributed by atoms with Crippen LogP contribution in [0, 0.1) is 0 Å². The minimum atomic E-state index is -0.0680. The van der Waals surface area contributed by atoms with Crippen LogP contribution in [0.2, 0.25) is 0 Å². The van der Waals surface area contributed by atoms with Crippen molar-refractivity contribution in [2.75, 3.05) is 14.2 Å². The van der Waals surface area contributed by atoms with E-state index in [1.807, 2.05) is 35.2 Å². The van der Waals surface area contributed by atoms with E-state index in [-0.39, 0.29) is 11.9 Å². The molecule has 0 bridgehead atoms. The first kappa shape index (κ1) is 15.5. The van der Waals surface area contributed by atoms with Crippen molar-refractivity contribution in [3.8, 4) is 17.2 Å². The Balaban J connectivity index is 2.00. The summed E-state index contributed by atoms with van der Waals surface area (Å²) in [5.41, 5.74) is 1.37. The van der Waals surface area contributed by atoms with Crippen molar-refractivity contribution in [3.63, 3.8) is 0 Å². The summed E-state index contributed by atoms with van der Waals surface area (Å²) in [6.07, 6.45) is 8.29. The largest absolute Gasteiger partial charge is 0.493 e. The van der Waals surface area contributed by atoms with Crippen LogP contribution in [0.4, 0.5) is 0 Å². The van der Waals surface area contributed by atoms with E-state index in [1.54, 1.807) is 20.3 Å². The maximum atomic E-state index is 12.8. The number of methoxy groups -OCH3 is 2. The molecule has 5 heteroatoms. The first-order valence-corrected chi connectivity index (χ1v) is 7.93. The Labute approximate surface area is 136 Å². The van der Waals surface area contributed by atoms with E-state index >= 15 is 0 Å². The SMILES string of the molecule is COc1cc(C(=O)NC2CCCC2)c(-n2cccc2)cc1OC. The number of ether oxygens (including phenoxy) is 2. The molecule has 0 saturated heterocycles. The van der Waals surface area contributed by atoms with Crippen molar-refractivity contribution in [2.45, 2.75) is 31.7 Å². The summed E-state index contributed by atoms with van der Waals surface area (Å²) in [5.74, 6) is 1.09. The summed E-state index contributed by atoms with van der Waals surface area (Å²) in [6.45, 7) is 0. The van der Waals surface area contributed by atoms with E-state index in [9.17, 15) is 4.79 Å². The molecule has 0 unspecified atom stereocenters. The highest BCUT2D eigenvalue weighted by Gasteiger charge is 2.22. The zero-order chi connectivity index (χ0) is 16.2. The lowest BCUT2D eigenvalue weighted by atomic mass is 10.1. The Hall–Kier alpha value is -2.43. The Bertz CT molecular complexity index is 674. The molecule has 1 amide bonds. The van der Waals surface area contributed by atoms with Crippen molar-refractivity contribution in [2.24, 2.45) is 0 Å². The van der Waals surface area contributed by atoms with Crippen LogP contribution in [0.5, 0.6) is 11.5 Å². The topological polar surface area (TPSA) is 52.5 Å². The number of carbonyl (C=O) groups is 1. The maximum absolute atomic E-state index is 12.8. The zero-order valence-corrected chi connectivity index (χ0v) is 13.5. The van der Waals surface area contributed by atoms with Crippen molar-refractivity contribution in [1.82, 2.24) is 9.88 Å². The quantitative estimate of drug-likeness (QED) is 0.922. The molecule has 2 aromatic rings. The Morgan fingerprint density at radius 2 is 1.70 bits per heavy atom. The maximum Gasteiger partial charge on any atom is 0.253 e. The molecule has 122 valence electrons. The van der Waals surface area contributed by atoms with Crippen LogP contribution in [0.15, 0.2) is 36.7 Å². The third-order valence-corrected chi connectivity index (χ3v) is 4.32. The Kier molecular flexibility index (Phi) is 4.55. The fourth-order valence-corrected chi connectivity index (χ4v) is 3.09. The summed E-state index contributed by atoms with van der Waals surface area (Å²) in [7, 11) is 3.17. The van der Waals surface area contributed by atoms with Gasteiger partial charge in [-0.3, -0.25) is 4.79 Å². The van der Waals surface area contributed by atoms with E-state index in [1.165, 1.54) is 12.8 Å². The van der Waals surface area contributed by atoms with Crippen molar-refractivity contribution in [1.29, 1.82) is 0 Å². The molecule has 1 heterocycles. The van der Waals surface area contributed by atoms with Crippen molar-refractivity contribution < 1.29 is 14.3 Å². The van der Waals surface area contributed by atoms with Gasteiger partial charge in [-0.25, -0.2) is 0 Å². The lowest BCUT2D eigenvalue weighted by Gasteiger charge is -2.17. The highest BCUT2D eigenvalue weighted by atomic mass is 16.5. The number of amides is 1. The lowest BCUT2D eigenvalue weighted by Crippen LogP contribution is -2.33. The molecule has 0 atom stereocenters. The highest BCUT2D eigenvalue weighted by molar-refractivity contribution is 5.99. The molecule has 0 spiro atoms. The van der Waals surface area contributed by atoms with Gasteiger partial charge < -0.3 is 19.4 Å². The van der Waals surface area contributed by atoms with Crippen LogP contribution in [-0.2, 0) is 0 Å². The van der Waals surface area contributed by atoms with Crippen molar-refractivity contribution >= 4 is 5.91 Å². The van der Waals surface area contributed by atoms with Gasteiger partial charge in [0.2, 0.25) is 0 Å². The van der Waals surface area contributed by atoms with Crippen LogP contribution in [-0.4, -0.2) is 30.7 Å². The molecule has 1 aliphatic rings. The second-order valence-corrected chi connectivity index (χ2v) is 5.77. The van der Waals surface area contributed by atoms with E-state index in [2.05, 4.69) is 5.32 Å². The van der Waals surface area contributed by atoms with Gasteiger partial charge >= 0.3 is 0 Å². The van der Waals surface area contributed by atoms with Crippen LogP contribution in [0.1, 0.15) is 36.0 Å². The molecular weight excluding hydrogens is 292 g/mol. The van der Waals surface area contributed by atoms with Gasteiger partial charge in [-0.1, -0.05) is 12.8 Å². The number of nitrogens with one attached hydrogen (secondary N) is 1. The van der Waals surface area contributed by atoms with Gasteiger partial charge in [0, 0.05) is 24.5 Å². The third kappa shape index (κ3) is 3.18. The number of carbonyl (C=O) groups excluding carboxylic acids is 1. The fraction of sp³-hybridized carbons (Fsp3) is 0.389. The molecule has 1 aromatic carbocycles. The second kappa shape index (κ2) is 6.77. The van der Waals surface area contributed by atoms with Crippen LogP contribution < -0.4 is 14.8 Å². The third-order valence-electron chi connectivity index (χ3n) is 4.32. The normalized spacial score (nSPS) is 14.7. The molecule has 3 rings (SSSR count). The summed E-state index contributed by atoms with van der Waals surface area (Å²) in [4.78, 5) is 12.8. The molecule has 1 aromatic heterocycles. The Morgan fingerprint density at radius 3 is 2.30 bits per heavy atom. The molecule has 1 saturated carbocycles. The van der Waals surface area contributed by atoms with Crippen molar-refractivity contribution in [3.05, 3.63) is 42.2 Å². The number of benzene rings is 1.